The van der Waals surface area contributed by atoms with Crippen LogP contribution in [-0.4, -0.2) is 19.7 Å². The van der Waals surface area contributed by atoms with E-state index in [1.807, 2.05) is 6.92 Å². The molecule has 1 atom stereocenters. The summed E-state index contributed by atoms with van der Waals surface area (Å²) in [5.41, 5.74) is 8.83. The molecule has 0 radical (unpaired) electrons. The first kappa shape index (κ1) is 16.1. The molecule has 1 aromatic carbocycles. The van der Waals surface area contributed by atoms with Crippen molar-refractivity contribution in [3.63, 3.8) is 0 Å². The van der Waals surface area contributed by atoms with Gasteiger partial charge < -0.3 is 5.73 Å². The number of hydrogen-bond donors (Lipinski definition) is 1. The van der Waals surface area contributed by atoms with Crippen molar-refractivity contribution in [3.8, 4) is 11.1 Å². The molecule has 0 amide bonds. The monoisotopic (exact) mass is 351 g/mol. The lowest BCUT2D eigenvalue weighted by Crippen LogP contribution is -2.11. The van der Waals surface area contributed by atoms with E-state index in [1.54, 1.807) is 35.4 Å². The maximum Gasteiger partial charge on any atom is 0.142 e. The van der Waals surface area contributed by atoms with Gasteiger partial charge in [0.1, 0.15) is 11.6 Å². The number of anilines is 1. The second-order valence-electron chi connectivity index (χ2n) is 6.08. The molecule has 5 nitrogen and oxygen atoms in total. The molecular weight excluding hydrogens is 336 g/mol. The summed E-state index contributed by atoms with van der Waals surface area (Å²) >= 11 is 0. The fourth-order valence-corrected chi connectivity index (χ4v) is 2.96. The molecule has 130 valence electrons. The quantitative estimate of drug-likeness (QED) is 0.606. The van der Waals surface area contributed by atoms with Crippen molar-refractivity contribution >= 4 is 16.6 Å². The number of nitrogens with zero attached hydrogens (tertiary/aromatic N) is 4. The highest BCUT2D eigenvalue weighted by Gasteiger charge is 2.18. The van der Waals surface area contributed by atoms with E-state index in [-0.39, 0.29) is 11.9 Å². The molecule has 0 saturated heterocycles. The Bertz CT molecular complexity index is 1110. The minimum absolute atomic E-state index is 0.264. The fraction of sp³-hybridized carbons (Fsp3) is 0.105. The molecule has 7 heteroatoms. The molecule has 4 aromatic rings. The summed E-state index contributed by atoms with van der Waals surface area (Å²) in [5, 5.41) is 4.87. The van der Waals surface area contributed by atoms with Gasteiger partial charge in [-0.25, -0.2) is 13.8 Å². The van der Waals surface area contributed by atoms with E-state index in [2.05, 4.69) is 15.1 Å². The van der Waals surface area contributed by atoms with Crippen molar-refractivity contribution in [1.29, 1.82) is 0 Å². The Balaban J connectivity index is 1.97. The molecule has 0 bridgehead atoms. The number of hydrogen-bond acceptors (Lipinski definition) is 4. The van der Waals surface area contributed by atoms with E-state index in [4.69, 9.17) is 5.73 Å². The topological polar surface area (TPSA) is 69.6 Å². The largest absolute Gasteiger partial charge is 0.396 e. The van der Waals surface area contributed by atoms with Gasteiger partial charge in [-0.1, -0.05) is 0 Å². The molecule has 1 unspecified atom stereocenters. The van der Waals surface area contributed by atoms with Gasteiger partial charge in [0.25, 0.3) is 0 Å². The normalized spacial score (nSPS) is 12.4. The highest BCUT2D eigenvalue weighted by Crippen LogP contribution is 2.32. The summed E-state index contributed by atoms with van der Waals surface area (Å²) in [6.45, 7) is 1.92. The molecule has 4 rings (SSSR count). The Labute approximate surface area is 148 Å². The molecule has 2 N–H and O–H groups in total. The van der Waals surface area contributed by atoms with Crippen molar-refractivity contribution in [2.75, 3.05) is 5.73 Å². The maximum absolute atomic E-state index is 13.7. The zero-order chi connectivity index (χ0) is 18.3. The van der Waals surface area contributed by atoms with Gasteiger partial charge in [0, 0.05) is 28.9 Å². The van der Waals surface area contributed by atoms with Crippen molar-refractivity contribution in [1.82, 2.24) is 19.7 Å². The molecule has 0 spiro atoms. The van der Waals surface area contributed by atoms with Crippen LogP contribution in [0.25, 0.3) is 22.0 Å². The predicted octanol–water partition coefficient (Wildman–Crippen LogP) is 3.96. The van der Waals surface area contributed by atoms with Gasteiger partial charge in [0.05, 0.1) is 35.3 Å². The van der Waals surface area contributed by atoms with Gasteiger partial charge in [-0.2, -0.15) is 5.10 Å². The number of nitrogens with two attached hydrogens (primary N) is 1. The summed E-state index contributed by atoms with van der Waals surface area (Å²) in [7, 11) is 0. The SMILES string of the molecule is CC(c1nc2ccc(F)cc2cc1-c1cncc(F)c1)n1cc(N)cn1. The van der Waals surface area contributed by atoms with E-state index in [0.29, 0.717) is 33.4 Å². The fourth-order valence-electron chi connectivity index (χ4n) is 2.96. The average Bonchev–Trinajstić information content (AvgIpc) is 3.06. The molecular formula is C19H15F2N5. The van der Waals surface area contributed by atoms with Crippen LogP contribution >= 0.6 is 0 Å². The van der Waals surface area contributed by atoms with Gasteiger partial charge in [-0.05, 0) is 37.3 Å². The molecule has 26 heavy (non-hydrogen) atoms. The zero-order valence-corrected chi connectivity index (χ0v) is 13.9. The van der Waals surface area contributed by atoms with E-state index in [9.17, 15) is 8.78 Å². The number of halogens is 2. The second-order valence-corrected chi connectivity index (χ2v) is 6.08. The molecule has 3 heterocycles. The van der Waals surface area contributed by atoms with Crippen LogP contribution in [0.5, 0.6) is 0 Å². The van der Waals surface area contributed by atoms with Gasteiger partial charge in [-0.3, -0.25) is 9.67 Å². The Morgan fingerprint density at radius 3 is 2.62 bits per heavy atom. The number of pyridine rings is 2. The van der Waals surface area contributed by atoms with Crippen LogP contribution in [0.1, 0.15) is 18.7 Å². The Morgan fingerprint density at radius 1 is 1.04 bits per heavy atom. The van der Waals surface area contributed by atoms with Crippen molar-refractivity contribution in [2.45, 2.75) is 13.0 Å². The molecule has 0 aliphatic rings. The van der Waals surface area contributed by atoms with Crippen LogP contribution in [0.2, 0.25) is 0 Å². The summed E-state index contributed by atoms with van der Waals surface area (Å²) in [5.74, 6) is -0.813. The zero-order valence-electron chi connectivity index (χ0n) is 13.9. The molecule has 0 fully saturated rings. The highest BCUT2D eigenvalue weighted by atomic mass is 19.1. The highest BCUT2D eigenvalue weighted by molar-refractivity contribution is 5.85. The summed E-state index contributed by atoms with van der Waals surface area (Å²) in [4.78, 5) is 8.61. The number of rotatable bonds is 3. The van der Waals surface area contributed by atoms with E-state index >= 15 is 0 Å². The lowest BCUT2D eigenvalue weighted by molar-refractivity contribution is 0.554. The minimum atomic E-state index is -0.455. The minimum Gasteiger partial charge on any atom is -0.396 e. The Hall–Kier alpha value is -3.35. The van der Waals surface area contributed by atoms with Crippen LogP contribution in [0, 0.1) is 11.6 Å². The summed E-state index contributed by atoms with van der Waals surface area (Å²) in [6.07, 6.45) is 5.94. The first-order chi connectivity index (χ1) is 12.5. The molecule has 3 aromatic heterocycles. The number of aromatic nitrogens is 4. The van der Waals surface area contributed by atoms with Gasteiger partial charge >= 0.3 is 0 Å². The third-order valence-electron chi connectivity index (χ3n) is 4.24. The van der Waals surface area contributed by atoms with Gasteiger partial charge in [0.2, 0.25) is 0 Å². The first-order valence-electron chi connectivity index (χ1n) is 8.02. The van der Waals surface area contributed by atoms with Crippen LogP contribution in [-0.2, 0) is 0 Å². The van der Waals surface area contributed by atoms with Crippen molar-refractivity contribution < 1.29 is 8.78 Å². The van der Waals surface area contributed by atoms with Crippen molar-refractivity contribution in [2.24, 2.45) is 0 Å². The van der Waals surface area contributed by atoms with E-state index in [0.717, 1.165) is 6.20 Å². The van der Waals surface area contributed by atoms with E-state index < -0.39 is 5.82 Å². The third-order valence-corrected chi connectivity index (χ3v) is 4.24. The standard InChI is InChI=1S/C19H15F2N5/c1-11(26-10-16(22)9-24-26)19-17(13-5-15(21)8-23-7-13)6-12-4-14(20)2-3-18(12)25-19/h2-11H,22H2,1H3. The average molecular weight is 351 g/mol. The van der Waals surface area contributed by atoms with Crippen molar-refractivity contribution in [3.05, 3.63) is 72.4 Å². The van der Waals surface area contributed by atoms with Gasteiger partial charge in [-0.15, -0.1) is 0 Å². The smallest absolute Gasteiger partial charge is 0.142 e. The lowest BCUT2D eigenvalue weighted by Gasteiger charge is -2.17. The Morgan fingerprint density at radius 2 is 1.88 bits per heavy atom. The number of fused-ring (bicyclic) bond motifs is 1. The summed E-state index contributed by atoms with van der Waals surface area (Å²) in [6, 6.07) is 7.29. The third kappa shape index (κ3) is 2.88. The van der Waals surface area contributed by atoms with Crippen LogP contribution in [0.15, 0.2) is 55.1 Å². The number of nitrogen functional groups attached to an aromatic ring is 1. The Kier molecular flexibility index (Phi) is 3.84. The predicted molar refractivity (Wildman–Crippen MR) is 95.3 cm³/mol. The summed E-state index contributed by atoms with van der Waals surface area (Å²) < 4.78 is 29.0. The lowest BCUT2D eigenvalue weighted by atomic mass is 9.99. The maximum atomic E-state index is 13.7. The van der Waals surface area contributed by atoms with Crippen LogP contribution in [0.3, 0.4) is 0 Å². The molecule has 0 aliphatic heterocycles. The van der Waals surface area contributed by atoms with Gasteiger partial charge in [0.15, 0.2) is 0 Å². The van der Waals surface area contributed by atoms with Crippen LogP contribution < -0.4 is 5.73 Å². The van der Waals surface area contributed by atoms with E-state index in [1.165, 1.54) is 18.2 Å². The van der Waals surface area contributed by atoms with Crippen LogP contribution in [0.4, 0.5) is 14.5 Å². The first-order valence-corrected chi connectivity index (χ1v) is 8.02. The number of benzene rings is 1. The molecule has 0 saturated carbocycles. The second kappa shape index (κ2) is 6.18. The molecule has 0 aliphatic carbocycles.